The molecular weight excluding hydrogens is 328 g/mol. The van der Waals surface area contributed by atoms with E-state index in [9.17, 15) is 31.1 Å². The van der Waals surface area contributed by atoms with Crippen molar-refractivity contribution in [3.63, 3.8) is 0 Å². The second-order valence-corrected chi connectivity index (χ2v) is 5.26. The van der Waals surface area contributed by atoms with Crippen molar-refractivity contribution in [1.29, 1.82) is 0 Å². The van der Waals surface area contributed by atoms with Gasteiger partial charge in [0.1, 0.15) is 0 Å². The monoisotopic (exact) mass is 341 g/mol. The van der Waals surface area contributed by atoms with Crippen LogP contribution in [0, 0.1) is 0 Å². The third kappa shape index (κ3) is 3.70. The minimum absolute atomic E-state index is 0.255. The first-order chi connectivity index (χ1) is 10.5. The van der Waals surface area contributed by atoms with E-state index in [2.05, 4.69) is 0 Å². The molecule has 0 spiro atoms. The fourth-order valence-electron chi connectivity index (χ4n) is 2.64. The average Bonchev–Trinajstić information content (AvgIpc) is 2.45. The molecule has 0 aliphatic carbocycles. The molecule has 0 radical (unpaired) electrons. The third-order valence-corrected chi connectivity index (χ3v) is 3.67. The van der Waals surface area contributed by atoms with Gasteiger partial charge < -0.3 is 10.0 Å². The number of carbonyl (C=O) groups is 1. The molecule has 9 heteroatoms. The Morgan fingerprint density at radius 3 is 1.70 bits per heavy atom. The largest absolute Gasteiger partial charge is 0.478 e. The van der Waals surface area contributed by atoms with Crippen LogP contribution >= 0.6 is 0 Å². The van der Waals surface area contributed by atoms with E-state index in [-0.39, 0.29) is 5.69 Å². The highest BCUT2D eigenvalue weighted by Crippen LogP contribution is 2.42. The van der Waals surface area contributed by atoms with Crippen molar-refractivity contribution < 1.29 is 36.2 Å². The summed E-state index contributed by atoms with van der Waals surface area (Å²) in [5, 5.41) is 8.86. The number of anilines is 1. The van der Waals surface area contributed by atoms with Crippen LogP contribution in [0.25, 0.3) is 0 Å². The molecule has 1 fully saturated rings. The number of hydrogen-bond donors (Lipinski definition) is 1. The van der Waals surface area contributed by atoms with E-state index < -0.39 is 35.0 Å². The molecule has 1 aromatic carbocycles. The highest BCUT2D eigenvalue weighted by molar-refractivity contribution is 5.92. The summed E-state index contributed by atoms with van der Waals surface area (Å²) < 4.78 is 78.4. The first-order valence-corrected chi connectivity index (χ1v) is 6.82. The molecule has 2 rings (SSSR count). The molecule has 128 valence electrons. The minimum Gasteiger partial charge on any atom is -0.478 e. The molecule has 0 atom stereocenters. The Hall–Kier alpha value is -1.93. The Morgan fingerprint density at radius 2 is 1.35 bits per heavy atom. The number of alkyl halides is 6. The van der Waals surface area contributed by atoms with Crippen LogP contribution in [-0.2, 0) is 12.4 Å². The van der Waals surface area contributed by atoms with Crippen LogP contribution in [0.1, 0.15) is 40.7 Å². The van der Waals surface area contributed by atoms with Crippen molar-refractivity contribution in [3.8, 4) is 0 Å². The molecule has 1 N–H and O–H groups in total. The second kappa shape index (κ2) is 5.93. The van der Waals surface area contributed by atoms with Gasteiger partial charge in [0.05, 0.1) is 16.7 Å². The highest BCUT2D eigenvalue weighted by Gasteiger charge is 2.44. The first-order valence-electron chi connectivity index (χ1n) is 6.82. The Bertz CT molecular complexity index is 567. The molecule has 0 saturated carbocycles. The van der Waals surface area contributed by atoms with Gasteiger partial charge in [-0.25, -0.2) is 4.79 Å². The summed E-state index contributed by atoms with van der Waals surface area (Å²) in [6, 6.07) is 0.980. The molecular formula is C14H13F6NO2. The lowest BCUT2D eigenvalue weighted by Gasteiger charge is -2.30. The quantitative estimate of drug-likeness (QED) is 0.810. The maximum absolute atomic E-state index is 13.1. The van der Waals surface area contributed by atoms with Gasteiger partial charge in [-0.3, -0.25) is 0 Å². The van der Waals surface area contributed by atoms with Crippen molar-refractivity contribution in [3.05, 3.63) is 28.8 Å². The van der Waals surface area contributed by atoms with Crippen LogP contribution in [0.15, 0.2) is 12.1 Å². The number of benzene rings is 1. The Balaban J connectivity index is 2.69. The van der Waals surface area contributed by atoms with Crippen LogP contribution in [0.5, 0.6) is 0 Å². The van der Waals surface area contributed by atoms with E-state index >= 15 is 0 Å². The summed E-state index contributed by atoms with van der Waals surface area (Å²) in [4.78, 5) is 12.4. The van der Waals surface area contributed by atoms with Crippen molar-refractivity contribution in [2.75, 3.05) is 18.0 Å². The second-order valence-electron chi connectivity index (χ2n) is 5.26. The van der Waals surface area contributed by atoms with Crippen molar-refractivity contribution >= 4 is 11.7 Å². The zero-order valence-corrected chi connectivity index (χ0v) is 11.8. The minimum atomic E-state index is -5.19. The zero-order valence-electron chi connectivity index (χ0n) is 11.8. The molecule has 1 aliphatic heterocycles. The van der Waals surface area contributed by atoms with Gasteiger partial charge in [-0.1, -0.05) is 0 Å². The SMILES string of the molecule is O=C(O)c1c(C(F)(F)F)cc(N2CCCCC2)cc1C(F)(F)F. The number of carboxylic acids is 1. The number of rotatable bonds is 2. The molecule has 0 bridgehead atoms. The Morgan fingerprint density at radius 1 is 0.913 bits per heavy atom. The number of piperidine rings is 1. The smallest absolute Gasteiger partial charge is 0.417 e. The standard InChI is InChI=1S/C14H13F6NO2/c15-13(16,17)9-6-8(21-4-2-1-3-5-21)7-10(14(18,19)20)11(9)12(22)23/h6-7H,1-5H2,(H,22,23). The van der Waals surface area contributed by atoms with Gasteiger partial charge in [0.2, 0.25) is 0 Å². The van der Waals surface area contributed by atoms with E-state index in [1.54, 1.807) is 0 Å². The van der Waals surface area contributed by atoms with E-state index in [4.69, 9.17) is 5.11 Å². The zero-order chi connectivity index (χ0) is 17.4. The van der Waals surface area contributed by atoms with E-state index in [0.29, 0.717) is 38.1 Å². The van der Waals surface area contributed by atoms with Gasteiger partial charge in [0, 0.05) is 18.8 Å². The number of nitrogens with zero attached hydrogens (tertiary/aromatic N) is 1. The van der Waals surface area contributed by atoms with Gasteiger partial charge in [-0.05, 0) is 31.4 Å². The molecule has 1 aliphatic rings. The van der Waals surface area contributed by atoms with E-state index in [1.165, 1.54) is 4.90 Å². The van der Waals surface area contributed by atoms with Crippen LogP contribution < -0.4 is 4.90 Å². The topological polar surface area (TPSA) is 40.5 Å². The van der Waals surface area contributed by atoms with Gasteiger partial charge in [0.15, 0.2) is 0 Å². The highest BCUT2D eigenvalue weighted by atomic mass is 19.4. The molecule has 1 saturated heterocycles. The summed E-state index contributed by atoms with van der Waals surface area (Å²) in [5.74, 6) is -2.25. The number of aromatic carboxylic acids is 1. The third-order valence-electron chi connectivity index (χ3n) is 3.67. The summed E-state index contributed by atoms with van der Waals surface area (Å²) in [5.41, 5.74) is -5.57. The van der Waals surface area contributed by atoms with Gasteiger partial charge in [0.25, 0.3) is 0 Å². The van der Waals surface area contributed by atoms with Gasteiger partial charge in [-0.2, -0.15) is 26.3 Å². The van der Waals surface area contributed by atoms with Gasteiger partial charge in [-0.15, -0.1) is 0 Å². The fraction of sp³-hybridized carbons (Fsp3) is 0.500. The lowest BCUT2D eigenvalue weighted by Crippen LogP contribution is -2.31. The van der Waals surface area contributed by atoms with Crippen molar-refractivity contribution in [2.45, 2.75) is 31.6 Å². The first kappa shape index (κ1) is 17.4. The van der Waals surface area contributed by atoms with Crippen molar-refractivity contribution in [2.24, 2.45) is 0 Å². The number of halogens is 6. The van der Waals surface area contributed by atoms with Crippen LogP contribution in [0.2, 0.25) is 0 Å². The lowest BCUT2D eigenvalue weighted by molar-refractivity contribution is -0.144. The molecule has 3 nitrogen and oxygen atoms in total. The van der Waals surface area contributed by atoms with Crippen molar-refractivity contribution in [1.82, 2.24) is 0 Å². The van der Waals surface area contributed by atoms with Crippen LogP contribution in [0.3, 0.4) is 0 Å². The average molecular weight is 341 g/mol. The molecule has 0 unspecified atom stereocenters. The Kier molecular flexibility index (Phi) is 4.50. The summed E-state index contributed by atoms with van der Waals surface area (Å²) >= 11 is 0. The summed E-state index contributed by atoms with van der Waals surface area (Å²) in [7, 11) is 0. The van der Waals surface area contributed by atoms with E-state index in [1.807, 2.05) is 0 Å². The molecule has 1 heterocycles. The van der Waals surface area contributed by atoms with Gasteiger partial charge >= 0.3 is 18.3 Å². The lowest BCUT2D eigenvalue weighted by atomic mass is 9.97. The Labute approximate surface area is 127 Å². The molecule has 0 aromatic heterocycles. The van der Waals surface area contributed by atoms with Crippen LogP contribution in [0.4, 0.5) is 32.0 Å². The maximum atomic E-state index is 13.1. The summed E-state index contributed by atoms with van der Waals surface area (Å²) in [6.07, 6.45) is -8.23. The van der Waals surface area contributed by atoms with Crippen LogP contribution in [-0.4, -0.2) is 24.2 Å². The van der Waals surface area contributed by atoms with E-state index in [0.717, 1.165) is 6.42 Å². The normalized spacial score (nSPS) is 16.5. The summed E-state index contributed by atoms with van der Waals surface area (Å²) in [6.45, 7) is 0.669. The number of hydrogen-bond acceptors (Lipinski definition) is 2. The number of carboxylic acid groups (broad SMARTS) is 1. The molecule has 23 heavy (non-hydrogen) atoms. The molecule has 1 aromatic rings. The fourth-order valence-corrected chi connectivity index (χ4v) is 2.64. The predicted octanol–water partition coefficient (Wildman–Crippen LogP) is 4.41. The molecule has 0 amide bonds. The maximum Gasteiger partial charge on any atom is 0.417 e. The predicted molar refractivity (Wildman–Crippen MR) is 69.5 cm³/mol.